The normalized spacial score (nSPS) is 15.7. The van der Waals surface area contributed by atoms with Crippen molar-refractivity contribution in [2.45, 2.75) is 24.7 Å². The summed E-state index contributed by atoms with van der Waals surface area (Å²) in [6, 6.07) is 9.18. The van der Waals surface area contributed by atoms with Gasteiger partial charge in [-0.15, -0.1) is 22.7 Å². The SMILES string of the molecule is Cc1ccsc1-c1nc(-c2ccc(S(=O)(=O)N3CCCC3)cc2)cs1. The second kappa shape index (κ2) is 6.64. The largest absolute Gasteiger partial charge is 0.243 e. The van der Waals surface area contributed by atoms with E-state index in [-0.39, 0.29) is 0 Å². The highest BCUT2D eigenvalue weighted by Crippen LogP contribution is 2.34. The Morgan fingerprint density at radius 3 is 2.40 bits per heavy atom. The van der Waals surface area contributed by atoms with Gasteiger partial charge in [-0.3, -0.25) is 0 Å². The van der Waals surface area contributed by atoms with Gasteiger partial charge in [-0.1, -0.05) is 12.1 Å². The monoisotopic (exact) mass is 390 g/mol. The Morgan fingerprint density at radius 1 is 1.04 bits per heavy atom. The molecule has 0 radical (unpaired) electrons. The van der Waals surface area contributed by atoms with E-state index < -0.39 is 10.0 Å². The van der Waals surface area contributed by atoms with Crippen LogP contribution in [0.3, 0.4) is 0 Å². The Labute approximate surface area is 155 Å². The Morgan fingerprint density at radius 2 is 1.76 bits per heavy atom. The standard InChI is InChI=1S/C18H18N2O2S3/c1-13-8-11-23-17(13)18-19-16(12-24-18)14-4-6-15(7-5-14)25(21,22)20-9-2-3-10-20/h4-8,11-12H,2-3,9-10H2,1H3. The van der Waals surface area contributed by atoms with E-state index in [1.165, 1.54) is 10.4 Å². The minimum absolute atomic E-state index is 0.364. The van der Waals surface area contributed by atoms with Gasteiger partial charge in [0.15, 0.2) is 0 Å². The number of nitrogens with zero attached hydrogens (tertiary/aromatic N) is 2. The van der Waals surface area contributed by atoms with Crippen LogP contribution < -0.4 is 0 Å². The molecule has 4 rings (SSSR count). The fraction of sp³-hybridized carbons (Fsp3) is 0.278. The Bertz CT molecular complexity index is 982. The van der Waals surface area contributed by atoms with Gasteiger partial charge >= 0.3 is 0 Å². The Balaban J connectivity index is 1.61. The van der Waals surface area contributed by atoms with Crippen molar-refractivity contribution in [1.29, 1.82) is 0 Å². The molecule has 0 spiro atoms. The molecular formula is C18H18N2O2S3. The van der Waals surface area contributed by atoms with Crippen molar-refractivity contribution in [2.75, 3.05) is 13.1 Å². The summed E-state index contributed by atoms with van der Waals surface area (Å²) in [5.41, 5.74) is 3.06. The summed E-state index contributed by atoms with van der Waals surface area (Å²) < 4.78 is 26.8. The summed E-state index contributed by atoms with van der Waals surface area (Å²) in [5, 5.41) is 5.11. The molecule has 25 heavy (non-hydrogen) atoms. The van der Waals surface area contributed by atoms with Crippen molar-refractivity contribution in [3.05, 3.63) is 46.7 Å². The molecule has 4 nitrogen and oxygen atoms in total. The lowest BCUT2D eigenvalue weighted by Crippen LogP contribution is -2.27. The third-order valence-corrected chi connectivity index (χ3v) is 8.34. The summed E-state index contributed by atoms with van der Waals surface area (Å²) in [7, 11) is -3.36. The fourth-order valence-corrected chi connectivity index (χ4v) is 6.42. The molecular weight excluding hydrogens is 372 g/mol. The first-order valence-electron chi connectivity index (χ1n) is 8.16. The minimum Gasteiger partial charge on any atom is -0.235 e. The smallest absolute Gasteiger partial charge is 0.235 e. The summed E-state index contributed by atoms with van der Waals surface area (Å²) in [6.45, 7) is 3.34. The van der Waals surface area contributed by atoms with Gasteiger partial charge in [0.2, 0.25) is 10.0 Å². The van der Waals surface area contributed by atoms with E-state index in [2.05, 4.69) is 18.4 Å². The van der Waals surface area contributed by atoms with Gasteiger partial charge < -0.3 is 0 Å². The summed E-state index contributed by atoms with van der Waals surface area (Å²) in [4.78, 5) is 6.28. The molecule has 0 aliphatic carbocycles. The molecule has 1 fully saturated rings. The molecule has 2 aromatic heterocycles. The van der Waals surface area contributed by atoms with Gasteiger partial charge in [0.25, 0.3) is 0 Å². The fourth-order valence-electron chi connectivity index (χ4n) is 2.98. The van der Waals surface area contributed by atoms with E-state index >= 15 is 0 Å². The molecule has 3 aromatic rings. The molecule has 0 unspecified atom stereocenters. The van der Waals surface area contributed by atoms with Crippen LogP contribution in [0, 0.1) is 6.92 Å². The van der Waals surface area contributed by atoms with Crippen LogP contribution in [-0.2, 0) is 10.0 Å². The molecule has 3 heterocycles. The first-order valence-corrected chi connectivity index (χ1v) is 11.4. The first kappa shape index (κ1) is 16.9. The first-order chi connectivity index (χ1) is 12.1. The molecule has 1 aliphatic rings. The van der Waals surface area contributed by atoms with Crippen molar-refractivity contribution in [3.8, 4) is 21.1 Å². The van der Waals surface area contributed by atoms with Crippen LogP contribution in [0.4, 0.5) is 0 Å². The highest BCUT2D eigenvalue weighted by atomic mass is 32.2. The molecule has 1 saturated heterocycles. The van der Waals surface area contributed by atoms with Crippen molar-refractivity contribution in [3.63, 3.8) is 0 Å². The topological polar surface area (TPSA) is 50.3 Å². The maximum atomic E-state index is 12.6. The zero-order chi connectivity index (χ0) is 17.4. The number of thiophene rings is 1. The maximum Gasteiger partial charge on any atom is 0.243 e. The minimum atomic E-state index is -3.36. The van der Waals surface area contributed by atoms with Crippen molar-refractivity contribution < 1.29 is 8.42 Å². The lowest BCUT2D eigenvalue weighted by atomic mass is 10.2. The summed E-state index contributed by atoms with van der Waals surface area (Å²) >= 11 is 3.31. The van der Waals surface area contributed by atoms with Gasteiger partial charge in [0.1, 0.15) is 5.01 Å². The van der Waals surface area contributed by atoms with Gasteiger partial charge in [0, 0.05) is 24.0 Å². The molecule has 1 aromatic carbocycles. The molecule has 0 saturated carbocycles. The van der Waals surface area contributed by atoms with Crippen LogP contribution >= 0.6 is 22.7 Å². The van der Waals surface area contributed by atoms with Gasteiger partial charge in [0.05, 0.1) is 15.5 Å². The number of benzene rings is 1. The number of aryl methyl sites for hydroxylation is 1. The molecule has 1 aliphatic heterocycles. The average molecular weight is 391 g/mol. The maximum absolute atomic E-state index is 12.6. The number of rotatable bonds is 4. The Hall–Kier alpha value is -1.54. The molecule has 0 N–H and O–H groups in total. The van der Waals surface area contributed by atoms with Crippen LogP contribution in [0.5, 0.6) is 0 Å². The molecule has 0 bridgehead atoms. The number of hydrogen-bond acceptors (Lipinski definition) is 5. The second-order valence-corrected chi connectivity index (χ2v) is 9.82. The molecule has 7 heteroatoms. The highest BCUT2D eigenvalue weighted by molar-refractivity contribution is 7.89. The van der Waals surface area contributed by atoms with Crippen LogP contribution in [0.2, 0.25) is 0 Å². The third-order valence-electron chi connectivity index (χ3n) is 4.41. The van der Waals surface area contributed by atoms with Crippen molar-refractivity contribution in [1.82, 2.24) is 9.29 Å². The molecule has 0 amide bonds. The quantitative estimate of drug-likeness (QED) is 0.652. The van der Waals surface area contributed by atoms with E-state index in [9.17, 15) is 8.42 Å². The van der Waals surface area contributed by atoms with Crippen LogP contribution in [0.15, 0.2) is 46.0 Å². The van der Waals surface area contributed by atoms with Gasteiger partial charge in [-0.2, -0.15) is 4.31 Å². The predicted molar refractivity (Wildman–Crippen MR) is 104 cm³/mol. The number of hydrogen-bond donors (Lipinski definition) is 0. The zero-order valence-electron chi connectivity index (χ0n) is 13.8. The van der Waals surface area contributed by atoms with E-state index in [1.807, 2.05) is 17.5 Å². The predicted octanol–water partition coefficient (Wildman–Crippen LogP) is 4.63. The molecule has 130 valence electrons. The summed E-state index contributed by atoms with van der Waals surface area (Å²) in [5.74, 6) is 0. The van der Waals surface area contributed by atoms with Crippen LogP contribution in [0.1, 0.15) is 18.4 Å². The van der Waals surface area contributed by atoms with Crippen molar-refractivity contribution in [2.24, 2.45) is 0 Å². The number of thiazole rings is 1. The number of sulfonamides is 1. The average Bonchev–Trinajstić information content (AvgIpc) is 3.36. The highest BCUT2D eigenvalue weighted by Gasteiger charge is 2.27. The van der Waals surface area contributed by atoms with E-state index in [0.717, 1.165) is 29.1 Å². The Kier molecular flexibility index (Phi) is 4.49. The van der Waals surface area contributed by atoms with Gasteiger partial charge in [-0.05, 0) is 48.9 Å². The zero-order valence-corrected chi connectivity index (χ0v) is 16.3. The summed E-state index contributed by atoms with van der Waals surface area (Å²) in [6.07, 6.45) is 1.89. The second-order valence-electron chi connectivity index (χ2n) is 6.11. The van der Waals surface area contributed by atoms with Gasteiger partial charge in [-0.25, -0.2) is 13.4 Å². The van der Waals surface area contributed by atoms with E-state index in [0.29, 0.717) is 18.0 Å². The third kappa shape index (κ3) is 3.17. The van der Waals surface area contributed by atoms with Crippen LogP contribution in [-0.4, -0.2) is 30.8 Å². The van der Waals surface area contributed by atoms with Crippen LogP contribution in [0.25, 0.3) is 21.1 Å². The van der Waals surface area contributed by atoms with E-state index in [1.54, 1.807) is 39.1 Å². The van der Waals surface area contributed by atoms with E-state index in [4.69, 9.17) is 4.98 Å². The number of aromatic nitrogens is 1. The molecule has 0 atom stereocenters. The lowest BCUT2D eigenvalue weighted by molar-refractivity contribution is 0.477. The van der Waals surface area contributed by atoms with Crippen molar-refractivity contribution >= 4 is 32.7 Å². The lowest BCUT2D eigenvalue weighted by Gasteiger charge is -2.15.